The zero-order chi connectivity index (χ0) is 15.2. The molecule has 1 N–H and O–H groups in total. The van der Waals surface area contributed by atoms with E-state index in [1.54, 1.807) is 14.0 Å². The summed E-state index contributed by atoms with van der Waals surface area (Å²) in [6.45, 7) is 2.98. The van der Waals surface area contributed by atoms with E-state index >= 15 is 0 Å². The Labute approximate surface area is 155 Å². The SMILES string of the molecule is CN=C(NCc1nc(C)no1)N(C)Cc1ccccc1Br.I. The van der Waals surface area contributed by atoms with Gasteiger partial charge >= 0.3 is 0 Å². The number of benzene rings is 1. The van der Waals surface area contributed by atoms with Crippen molar-refractivity contribution in [1.29, 1.82) is 0 Å². The number of hydrogen-bond donors (Lipinski definition) is 1. The van der Waals surface area contributed by atoms with E-state index in [0.717, 1.165) is 17.0 Å². The highest BCUT2D eigenvalue weighted by molar-refractivity contribution is 14.0. The maximum Gasteiger partial charge on any atom is 0.246 e. The molecule has 0 spiro atoms. The van der Waals surface area contributed by atoms with E-state index in [4.69, 9.17) is 4.52 Å². The van der Waals surface area contributed by atoms with Crippen molar-refractivity contribution in [3.63, 3.8) is 0 Å². The molecule has 1 aromatic carbocycles. The van der Waals surface area contributed by atoms with E-state index in [1.165, 1.54) is 5.56 Å². The maximum atomic E-state index is 5.07. The molecule has 0 amide bonds. The van der Waals surface area contributed by atoms with Crippen LogP contribution in [-0.2, 0) is 13.1 Å². The first-order chi connectivity index (χ1) is 10.1. The number of aliphatic imine (C=N–C) groups is 1. The summed E-state index contributed by atoms with van der Waals surface area (Å²) in [6.07, 6.45) is 0. The van der Waals surface area contributed by atoms with Crippen LogP contribution < -0.4 is 5.32 Å². The van der Waals surface area contributed by atoms with Crippen molar-refractivity contribution in [3.8, 4) is 0 Å². The van der Waals surface area contributed by atoms with Crippen molar-refractivity contribution in [2.45, 2.75) is 20.0 Å². The van der Waals surface area contributed by atoms with Gasteiger partial charge in [0.2, 0.25) is 5.89 Å². The lowest BCUT2D eigenvalue weighted by Gasteiger charge is -2.22. The van der Waals surface area contributed by atoms with E-state index in [1.807, 2.05) is 30.1 Å². The van der Waals surface area contributed by atoms with Crippen LogP contribution in [0.3, 0.4) is 0 Å². The molecule has 0 aliphatic heterocycles. The topological polar surface area (TPSA) is 66.5 Å². The average molecular weight is 480 g/mol. The number of nitrogens with one attached hydrogen (secondary N) is 1. The van der Waals surface area contributed by atoms with Crippen LogP contribution in [0.4, 0.5) is 0 Å². The smallest absolute Gasteiger partial charge is 0.246 e. The Balaban J connectivity index is 0.00000242. The third-order valence-electron chi connectivity index (χ3n) is 2.91. The normalized spacial score (nSPS) is 11.0. The molecule has 2 aromatic rings. The number of aryl methyl sites for hydroxylation is 1. The van der Waals surface area contributed by atoms with Gasteiger partial charge in [-0.1, -0.05) is 39.3 Å². The largest absolute Gasteiger partial charge is 0.347 e. The molecule has 1 aromatic heterocycles. The van der Waals surface area contributed by atoms with Crippen LogP contribution in [0.25, 0.3) is 0 Å². The lowest BCUT2D eigenvalue weighted by atomic mass is 10.2. The molecule has 0 aliphatic rings. The van der Waals surface area contributed by atoms with E-state index in [9.17, 15) is 0 Å². The molecule has 0 fully saturated rings. The summed E-state index contributed by atoms with van der Waals surface area (Å²) in [4.78, 5) is 10.4. The number of guanidine groups is 1. The van der Waals surface area contributed by atoms with Crippen molar-refractivity contribution >= 4 is 45.9 Å². The molecule has 1 heterocycles. The minimum Gasteiger partial charge on any atom is -0.347 e. The standard InChI is InChI=1S/C14H18BrN5O.HI/c1-10-18-13(21-19-10)8-17-14(16-2)20(3)9-11-6-4-5-7-12(11)15;/h4-7H,8-9H2,1-3H3,(H,16,17);1H. The molecule has 0 bridgehead atoms. The van der Waals surface area contributed by atoms with Crippen LogP contribution in [0.5, 0.6) is 0 Å². The highest BCUT2D eigenvalue weighted by Gasteiger charge is 2.10. The van der Waals surface area contributed by atoms with Crippen LogP contribution >= 0.6 is 39.9 Å². The van der Waals surface area contributed by atoms with Gasteiger partial charge in [0, 0.05) is 25.1 Å². The summed E-state index contributed by atoms with van der Waals surface area (Å²) in [5, 5.41) is 6.96. The number of aromatic nitrogens is 2. The minimum absolute atomic E-state index is 0. The Morgan fingerprint density at radius 2 is 2.14 bits per heavy atom. The van der Waals surface area contributed by atoms with Gasteiger partial charge in [0.25, 0.3) is 0 Å². The zero-order valence-electron chi connectivity index (χ0n) is 12.7. The second-order valence-corrected chi connectivity index (χ2v) is 5.44. The highest BCUT2D eigenvalue weighted by Crippen LogP contribution is 2.17. The van der Waals surface area contributed by atoms with Gasteiger partial charge in [0.1, 0.15) is 0 Å². The lowest BCUT2D eigenvalue weighted by molar-refractivity contribution is 0.368. The third kappa shape index (κ3) is 5.24. The Kier molecular flexibility index (Phi) is 7.80. The molecule has 8 heteroatoms. The molecule has 2 rings (SSSR count). The Bertz CT molecular complexity index is 631. The fourth-order valence-corrected chi connectivity index (χ4v) is 2.32. The van der Waals surface area contributed by atoms with Gasteiger partial charge in [-0.3, -0.25) is 4.99 Å². The second kappa shape index (κ2) is 9.09. The van der Waals surface area contributed by atoms with Gasteiger partial charge in [-0.25, -0.2) is 0 Å². The summed E-state index contributed by atoms with van der Waals surface area (Å²) in [6, 6.07) is 8.12. The van der Waals surface area contributed by atoms with Gasteiger partial charge in [-0.05, 0) is 18.6 Å². The van der Waals surface area contributed by atoms with E-state index < -0.39 is 0 Å². The monoisotopic (exact) mass is 479 g/mol. The Morgan fingerprint density at radius 1 is 1.41 bits per heavy atom. The summed E-state index contributed by atoms with van der Waals surface area (Å²) >= 11 is 3.55. The number of halogens is 2. The van der Waals surface area contributed by atoms with Crippen LogP contribution in [0, 0.1) is 6.92 Å². The molecule has 0 aliphatic carbocycles. The fraction of sp³-hybridized carbons (Fsp3) is 0.357. The maximum absolute atomic E-state index is 5.07. The first-order valence-corrected chi connectivity index (χ1v) is 7.34. The summed E-state index contributed by atoms with van der Waals surface area (Å²) < 4.78 is 6.15. The van der Waals surface area contributed by atoms with Gasteiger partial charge in [0.05, 0.1) is 6.54 Å². The Hall–Kier alpha value is -1.16. The molecular formula is C14H19BrIN5O. The van der Waals surface area contributed by atoms with E-state index in [2.05, 4.69) is 42.4 Å². The third-order valence-corrected chi connectivity index (χ3v) is 3.68. The van der Waals surface area contributed by atoms with E-state index in [-0.39, 0.29) is 24.0 Å². The molecule has 120 valence electrons. The van der Waals surface area contributed by atoms with Crippen LogP contribution in [0.15, 0.2) is 38.3 Å². The molecule has 0 atom stereocenters. The van der Waals surface area contributed by atoms with Crippen molar-refractivity contribution in [3.05, 3.63) is 46.0 Å². The second-order valence-electron chi connectivity index (χ2n) is 4.58. The van der Waals surface area contributed by atoms with Crippen LogP contribution in [0.1, 0.15) is 17.3 Å². The molecule has 22 heavy (non-hydrogen) atoms. The van der Waals surface area contributed by atoms with Gasteiger partial charge in [-0.2, -0.15) is 4.98 Å². The lowest BCUT2D eigenvalue weighted by Crippen LogP contribution is -2.38. The predicted molar refractivity (Wildman–Crippen MR) is 100 cm³/mol. The predicted octanol–water partition coefficient (Wildman–Crippen LogP) is 2.97. The molecule has 0 radical (unpaired) electrons. The number of rotatable bonds is 4. The van der Waals surface area contributed by atoms with Gasteiger partial charge in [0.15, 0.2) is 11.8 Å². The van der Waals surface area contributed by atoms with E-state index in [0.29, 0.717) is 18.3 Å². The summed E-state index contributed by atoms with van der Waals surface area (Å²) in [5.74, 6) is 1.94. The van der Waals surface area contributed by atoms with Gasteiger partial charge in [-0.15, -0.1) is 24.0 Å². The number of nitrogens with zero attached hydrogens (tertiary/aromatic N) is 4. The van der Waals surface area contributed by atoms with Crippen LogP contribution in [-0.4, -0.2) is 35.1 Å². The van der Waals surface area contributed by atoms with Crippen molar-refractivity contribution in [1.82, 2.24) is 20.4 Å². The summed E-state index contributed by atoms with van der Waals surface area (Å²) in [7, 11) is 3.73. The quantitative estimate of drug-likeness (QED) is 0.415. The fourth-order valence-electron chi connectivity index (χ4n) is 1.91. The van der Waals surface area contributed by atoms with Crippen molar-refractivity contribution < 1.29 is 4.52 Å². The highest BCUT2D eigenvalue weighted by atomic mass is 127. The first-order valence-electron chi connectivity index (χ1n) is 6.54. The minimum atomic E-state index is 0. The molecule has 6 nitrogen and oxygen atoms in total. The molecule has 0 saturated carbocycles. The van der Waals surface area contributed by atoms with Crippen molar-refractivity contribution in [2.24, 2.45) is 4.99 Å². The van der Waals surface area contributed by atoms with Gasteiger partial charge < -0.3 is 14.7 Å². The number of hydrogen-bond acceptors (Lipinski definition) is 4. The Morgan fingerprint density at radius 3 is 2.73 bits per heavy atom. The average Bonchev–Trinajstić information content (AvgIpc) is 2.88. The summed E-state index contributed by atoms with van der Waals surface area (Å²) in [5.41, 5.74) is 1.19. The zero-order valence-corrected chi connectivity index (χ0v) is 16.6. The van der Waals surface area contributed by atoms with Crippen LogP contribution in [0.2, 0.25) is 0 Å². The molecular weight excluding hydrogens is 461 g/mol. The first kappa shape index (κ1) is 18.9. The molecule has 0 unspecified atom stereocenters. The van der Waals surface area contributed by atoms with Crippen molar-refractivity contribution in [2.75, 3.05) is 14.1 Å². The molecule has 0 saturated heterocycles.